The first kappa shape index (κ1) is 39.9. The molecule has 3 saturated heterocycles. The third-order valence-electron chi connectivity index (χ3n) is 11.0. The number of benzene rings is 2. The fourth-order valence-corrected chi connectivity index (χ4v) is 10.2. The van der Waals surface area contributed by atoms with E-state index in [0.29, 0.717) is 80.6 Å². The molecule has 0 spiro atoms. The topological polar surface area (TPSA) is 185 Å². The number of nitrogens with two attached hydrogens (primary N) is 1. The summed E-state index contributed by atoms with van der Waals surface area (Å²) in [7, 11) is -2.64. The van der Waals surface area contributed by atoms with Crippen molar-refractivity contribution in [2.45, 2.75) is 88.7 Å². The highest BCUT2D eigenvalue weighted by Crippen LogP contribution is 2.33. The lowest BCUT2D eigenvalue weighted by Crippen LogP contribution is -2.60. The Balaban J connectivity index is 1.12. The molecule has 55 heavy (non-hydrogen) atoms. The van der Waals surface area contributed by atoms with Crippen molar-refractivity contribution < 1.29 is 32.3 Å². The summed E-state index contributed by atoms with van der Waals surface area (Å²) < 4.78 is 36.6. The number of carbonyl (C=O) groups is 4. The number of carbonyl (C=O) groups excluding carboxylic acids is 4. The number of Topliss-reactive ketones (excluding diaryl/α,β-unsaturated/α-hetero) is 1. The third-order valence-corrected chi connectivity index (χ3v) is 13.4. The van der Waals surface area contributed by atoms with Gasteiger partial charge in [0.2, 0.25) is 29.5 Å². The zero-order chi connectivity index (χ0) is 39.4. The Kier molecular flexibility index (Phi) is 12.2. The average Bonchev–Trinajstić information content (AvgIpc) is 3.86. The number of hydrogen-bond donors (Lipinski definition) is 2. The van der Waals surface area contributed by atoms with E-state index in [1.165, 1.54) is 24.6 Å². The summed E-state index contributed by atoms with van der Waals surface area (Å²) in [6.07, 6.45) is 5.02. The third kappa shape index (κ3) is 8.85. The number of ketones is 1. The van der Waals surface area contributed by atoms with Gasteiger partial charge in [0.05, 0.1) is 30.6 Å². The van der Waals surface area contributed by atoms with Crippen molar-refractivity contribution >= 4 is 50.8 Å². The molecule has 3 N–H and O–H groups in total. The number of piperazine rings is 1. The number of methoxy groups -OCH3 is 1. The van der Waals surface area contributed by atoms with Gasteiger partial charge in [0.25, 0.3) is 10.0 Å². The van der Waals surface area contributed by atoms with Crippen LogP contribution >= 0.6 is 11.3 Å². The molecule has 3 fully saturated rings. The molecule has 1 aromatic heterocycles. The number of nitrogens with zero attached hydrogens (tertiary/aromatic N) is 5. The predicted octanol–water partition coefficient (Wildman–Crippen LogP) is 3.38. The molecule has 3 aliphatic rings. The van der Waals surface area contributed by atoms with E-state index in [1.807, 2.05) is 30.3 Å². The minimum absolute atomic E-state index is 0.0860. The van der Waals surface area contributed by atoms with E-state index >= 15 is 0 Å². The number of amides is 3. The lowest BCUT2D eigenvalue weighted by molar-refractivity contribution is -0.151. The molecule has 4 heterocycles. The number of thiazole rings is 1. The van der Waals surface area contributed by atoms with Crippen molar-refractivity contribution in [3.05, 3.63) is 75.2 Å². The zero-order valence-corrected chi connectivity index (χ0v) is 33.3. The summed E-state index contributed by atoms with van der Waals surface area (Å²) >= 11 is 1.18. The Morgan fingerprint density at radius 2 is 1.84 bits per heavy atom. The molecule has 2 aromatic carbocycles. The smallest absolute Gasteiger partial charge is 0.286 e. The van der Waals surface area contributed by atoms with Crippen LogP contribution in [0.4, 0.5) is 0 Å². The van der Waals surface area contributed by atoms with E-state index in [1.54, 1.807) is 46.9 Å². The number of aryl methyl sites for hydroxylation is 2. The van der Waals surface area contributed by atoms with E-state index < -0.39 is 28.0 Å². The molecule has 16 heteroatoms. The molecule has 3 aromatic rings. The highest BCUT2D eigenvalue weighted by atomic mass is 32.2. The molecule has 1 unspecified atom stereocenters. The maximum atomic E-state index is 14.0. The maximum absolute atomic E-state index is 14.0. The van der Waals surface area contributed by atoms with Crippen molar-refractivity contribution in [3.8, 4) is 5.75 Å². The number of rotatable bonds is 12. The van der Waals surface area contributed by atoms with Gasteiger partial charge in [-0.25, -0.2) is 4.98 Å². The first-order valence-corrected chi connectivity index (χ1v) is 21.0. The first-order valence-electron chi connectivity index (χ1n) is 18.6. The van der Waals surface area contributed by atoms with Crippen molar-refractivity contribution in [1.82, 2.24) is 25.0 Å². The number of aromatic nitrogens is 1. The Morgan fingerprint density at radius 1 is 1.07 bits per heavy atom. The number of guanidine groups is 1. The largest absolute Gasteiger partial charge is 0.496 e. The molecule has 14 nitrogen and oxygen atoms in total. The molecular weight excluding hydrogens is 743 g/mol. The standard InChI is InChI=1S/C39H49N7O7S2/c1-24-19-32(53-4)25(2)26(3)36(24)55(51,52)43-39(40)44-17-8-11-28(21-44)20-30(35(49)38-41-16-18-54-38)42-37(50)31-14-13-29-22-45(23-34(48)46(29)31)33(47)15-12-27-9-6-5-7-10-27/h5-7,9-10,16,18-19,28-31H,8,11-15,17,20-23H2,1-4H3,(H2,40,43)(H,42,50)/t28?,29-,30-,31-/m0/s1. The predicted molar refractivity (Wildman–Crippen MR) is 208 cm³/mol. The highest BCUT2D eigenvalue weighted by molar-refractivity contribution is 7.90. The summed E-state index contributed by atoms with van der Waals surface area (Å²) in [5, 5.41) is 4.92. The van der Waals surface area contributed by atoms with Crippen LogP contribution in [-0.2, 0) is 30.8 Å². The number of piperidine rings is 1. The minimum atomic E-state index is -4.17. The molecule has 294 valence electrons. The van der Waals surface area contributed by atoms with Gasteiger partial charge in [-0.15, -0.1) is 15.7 Å². The molecule has 4 atom stereocenters. The highest BCUT2D eigenvalue weighted by Gasteiger charge is 2.46. The summed E-state index contributed by atoms with van der Waals surface area (Å²) in [5.41, 5.74) is 9.15. The van der Waals surface area contributed by atoms with Crippen LogP contribution < -0.4 is 15.8 Å². The molecule has 0 bridgehead atoms. The van der Waals surface area contributed by atoms with Crippen LogP contribution in [0.25, 0.3) is 0 Å². The van der Waals surface area contributed by atoms with Gasteiger partial charge in [0.1, 0.15) is 11.8 Å². The van der Waals surface area contributed by atoms with Gasteiger partial charge in [0.15, 0.2) is 5.01 Å². The minimum Gasteiger partial charge on any atom is -0.496 e. The van der Waals surface area contributed by atoms with E-state index in [-0.39, 0.29) is 58.4 Å². The van der Waals surface area contributed by atoms with Gasteiger partial charge in [-0.1, -0.05) is 30.3 Å². The number of likely N-dealkylation sites (tertiary alicyclic amines) is 1. The number of ether oxygens (including phenoxy) is 1. The van der Waals surface area contributed by atoms with Gasteiger partial charge in [-0.3, -0.25) is 19.2 Å². The van der Waals surface area contributed by atoms with Crippen LogP contribution in [0.15, 0.2) is 57.3 Å². The van der Waals surface area contributed by atoms with E-state index in [9.17, 15) is 27.6 Å². The molecule has 0 saturated carbocycles. The summed E-state index contributed by atoms with van der Waals surface area (Å²) in [4.78, 5) is 63.5. The van der Waals surface area contributed by atoms with Gasteiger partial charge in [-0.05, 0) is 93.5 Å². The Hall–Kier alpha value is -4.83. The molecule has 3 aliphatic heterocycles. The van der Waals surface area contributed by atoms with Gasteiger partial charge in [0, 0.05) is 37.6 Å². The van der Waals surface area contributed by atoms with Crippen LogP contribution in [0.5, 0.6) is 5.75 Å². The summed E-state index contributed by atoms with van der Waals surface area (Å²) in [6, 6.07) is 9.40. The maximum Gasteiger partial charge on any atom is 0.286 e. The number of sulfonamides is 1. The lowest BCUT2D eigenvalue weighted by Gasteiger charge is -2.39. The van der Waals surface area contributed by atoms with Crippen LogP contribution in [0.2, 0.25) is 0 Å². The Bertz CT molecular complexity index is 2060. The van der Waals surface area contributed by atoms with Crippen molar-refractivity contribution in [2.24, 2.45) is 16.0 Å². The van der Waals surface area contributed by atoms with E-state index in [2.05, 4.69) is 14.7 Å². The molecule has 0 aliphatic carbocycles. The molecule has 6 rings (SSSR count). The normalized spacial score (nSPS) is 20.9. The summed E-state index contributed by atoms with van der Waals surface area (Å²) in [6.45, 7) is 6.26. The van der Waals surface area contributed by atoms with Gasteiger partial charge in [-0.2, -0.15) is 8.42 Å². The van der Waals surface area contributed by atoms with Crippen LogP contribution in [-0.4, -0.2) is 109 Å². The average molecular weight is 792 g/mol. The first-order chi connectivity index (χ1) is 26.3. The summed E-state index contributed by atoms with van der Waals surface area (Å²) in [5.74, 6) is -0.832. The molecular formula is C39H49N7O7S2. The second-order valence-electron chi connectivity index (χ2n) is 14.7. The quantitative estimate of drug-likeness (QED) is 0.157. The Morgan fingerprint density at radius 3 is 2.55 bits per heavy atom. The van der Waals surface area contributed by atoms with Crippen LogP contribution in [0, 0.1) is 26.7 Å². The van der Waals surface area contributed by atoms with Crippen LogP contribution in [0.1, 0.15) is 70.6 Å². The van der Waals surface area contributed by atoms with Crippen molar-refractivity contribution in [2.75, 3.05) is 33.3 Å². The molecule has 3 amide bonds. The second-order valence-corrected chi connectivity index (χ2v) is 17.1. The lowest BCUT2D eigenvalue weighted by atomic mass is 9.89. The Labute approximate surface area is 326 Å². The number of hydrogen-bond acceptors (Lipinski definition) is 9. The monoisotopic (exact) mass is 791 g/mol. The van der Waals surface area contributed by atoms with Crippen molar-refractivity contribution in [1.29, 1.82) is 0 Å². The fourth-order valence-electron chi connectivity index (χ4n) is 8.15. The van der Waals surface area contributed by atoms with Gasteiger partial charge < -0.3 is 30.5 Å². The molecule has 0 radical (unpaired) electrons. The van der Waals surface area contributed by atoms with E-state index in [4.69, 9.17) is 10.5 Å². The SMILES string of the molecule is COc1cc(C)c(S(=O)(=O)N=C(N)N2CCCC(C[C@H](NC(=O)[C@@H]3CC[C@H]4CN(C(=O)CCc5ccccc5)CC(=O)N43)C(=O)c3nccs3)C2)c(C)c1C. The van der Waals surface area contributed by atoms with Crippen molar-refractivity contribution in [3.63, 3.8) is 0 Å². The van der Waals surface area contributed by atoms with E-state index in [0.717, 1.165) is 5.56 Å². The zero-order valence-electron chi connectivity index (χ0n) is 31.7. The van der Waals surface area contributed by atoms with Crippen LogP contribution in [0.3, 0.4) is 0 Å². The fraction of sp³-hybridized carbons (Fsp3) is 0.487. The van der Waals surface area contributed by atoms with Gasteiger partial charge >= 0.3 is 0 Å². The number of fused-ring (bicyclic) bond motifs is 1. The number of nitrogens with one attached hydrogen (secondary N) is 1. The second kappa shape index (κ2) is 16.9.